The highest BCUT2D eigenvalue weighted by Gasteiger charge is 2.12. The van der Waals surface area contributed by atoms with Crippen LogP contribution < -0.4 is 5.32 Å². The van der Waals surface area contributed by atoms with Crippen LogP contribution in [0.15, 0.2) is 57.9 Å². The molecule has 2 aromatic heterocycles. The van der Waals surface area contributed by atoms with Crippen molar-refractivity contribution in [3.8, 4) is 5.69 Å². The molecular formula is C14H9BrFN3O2. The number of aromatic nitrogens is 2. The molecule has 5 nitrogen and oxygen atoms in total. The highest BCUT2D eigenvalue weighted by Crippen LogP contribution is 2.17. The van der Waals surface area contributed by atoms with Crippen LogP contribution in [-0.2, 0) is 0 Å². The predicted octanol–water partition coefficient (Wildman–Crippen LogP) is 3.62. The Labute approximate surface area is 127 Å². The number of para-hydroxylation sites is 1. The van der Waals surface area contributed by atoms with E-state index in [4.69, 9.17) is 4.42 Å². The van der Waals surface area contributed by atoms with Crippen LogP contribution in [0.4, 0.5) is 10.1 Å². The molecule has 1 N–H and O–H groups in total. The number of carbonyl (C=O) groups is 1. The first-order chi connectivity index (χ1) is 10.1. The maximum Gasteiger partial charge on any atom is 0.291 e. The Morgan fingerprint density at radius 3 is 2.81 bits per heavy atom. The lowest BCUT2D eigenvalue weighted by Crippen LogP contribution is -2.10. The molecule has 0 aliphatic rings. The molecule has 0 fully saturated rings. The van der Waals surface area contributed by atoms with Gasteiger partial charge in [-0.1, -0.05) is 12.1 Å². The second-order valence-corrected chi connectivity index (χ2v) is 4.96. The molecule has 0 spiro atoms. The third-order valence-corrected chi connectivity index (χ3v) is 3.16. The molecule has 0 radical (unpaired) electrons. The number of anilines is 1. The van der Waals surface area contributed by atoms with Crippen molar-refractivity contribution in [2.75, 3.05) is 5.32 Å². The summed E-state index contributed by atoms with van der Waals surface area (Å²) in [5, 5.41) is 6.64. The van der Waals surface area contributed by atoms with Crippen LogP contribution in [0.3, 0.4) is 0 Å². The SMILES string of the molecule is O=C(Nc1cnn(-c2ccccc2F)c1)c1ccc(Br)o1. The number of halogens is 2. The quantitative estimate of drug-likeness (QED) is 0.785. The van der Waals surface area contributed by atoms with Crippen LogP contribution in [0.25, 0.3) is 5.69 Å². The molecule has 0 saturated heterocycles. The van der Waals surface area contributed by atoms with Gasteiger partial charge in [0.05, 0.1) is 18.1 Å². The van der Waals surface area contributed by atoms with Crippen molar-refractivity contribution in [3.05, 3.63) is 65.0 Å². The Bertz CT molecular complexity index is 797. The van der Waals surface area contributed by atoms with Crippen molar-refractivity contribution in [1.29, 1.82) is 0 Å². The molecule has 0 saturated carbocycles. The molecule has 0 bridgehead atoms. The summed E-state index contributed by atoms with van der Waals surface area (Å²) in [5.74, 6) is -0.636. The largest absolute Gasteiger partial charge is 0.444 e. The number of rotatable bonds is 3. The standard InChI is InChI=1S/C14H9BrFN3O2/c15-13-6-5-12(21-13)14(20)18-9-7-17-19(8-9)11-4-2-1-3-10(11)16/h1-8H,(H,18,20). The highest BCUT2D eigenvalue weighted by atomic mass is 79.9. The topological polar surface area (TPSA) is 60.1 Å². The second kappa shape index (κ2) is 5.53. The summed E-state index contributed by atoms with van der Waals surface area (Å²) in [6, 6.07) is 9.41. The number of nitrogens with one attached hydrogen (secondary N) is 1. The summed E-state index contributed by atoms with van der Waals surface area (Å²) >= 11 is 3.12. The zero-order chi connectivity index (χ0) is 14.8. The van der Waals surface area contributed by atoms with E-state index in [0.29, 0.717) is 16.0 Å². The van der Waals surface area contributed by atoms with Crippen molar-refractivity contribution in [3.63, 3.8) is 0 Å². The zero-order valence-corrected chi connectivity index (χ0v) is 12.2. The molecule has 3 aromatic rings. The molecule has 21 heavy (non-hydrogen) atoms. The average molecular weight is 350 g/mol. The molecule has 7 heteroatoms. The van der Waals surface area contributed by atoms with Gasteiger partial charge in [-0.25, -0.2) is 9.07 Å². The summed E-state index contributed by atoms with van der Waals surface area (Å²) < 4.78 is 20.6. The maximum atomic E-state index is 13.6. The Morgan fingerprint density at radius 1 is 1.29 bits per heavy atom. The van der Waals surface area contributed by atoms with Crippen molar-refractivity contribution < 1.29 is 13.6 Å². The molecule has 0 atom stereocenters. The molecule has 0 aliphatic carbocycles. The van der Waals surface area contributed by atoms with Gasteiger partial charge in [-0.2, -0.15) is 5.10 Å². The number of carbonyl (C=O) groups excluding carboxylic acids is 1. The van der Waals surface area contributed by atoms with E-state index in [1.807, 2.05) is 0 Å². The second-order valence-electron chi connectivity index (χ2n) is 4.18. The van der Waals surface area contributed by atoms with E-state index in [1.54, 1.807) is 30.3 Å². The first-order valence-corrected chi connectivity index (χ1v) is 6.79. The van der Waals surface area contributed by atoms with Gasteiger partial charge in [0.15, 0.2) is 10.4 Å². The average Bonchev–Trinajstić information content (AvgIpc) is 3.08. The smallest absolute Gasteiger partial charge is 0.291 e. The normalized spacial score (nSPS) is 10.6. The lowest BCUT2D eigenvalue weighted by Gasteiger charge is -2.02. The van der Waals surface area contributed by atoms with E-state index in [0.717, 1.165) is 0 Å². The monoisotopic (exact) mass is 349 g/mol. The van der Waals surface area contributed by atoms with E-state index in [1.165, 1.54) is 23.1 Å². The van der Waals surface area contributed by atoms with Gasteiger partial charge in [-0.3, -0.25) is 4.79 Å². The molecule has 0 aliphatic heterocycles. The number of furan rings is 1. The molecule has 1 aromatic carbocycles. The van der Waals surface area contributed by atoms with E-state index >= 15 is 0 Å². The third kappa shape index (κ3) is 2.87. The number of nitrogens with zero attached hydrogens (tertiary/aromatic N) is 2. The summed E-state index contributed by atoms with van der Waals surface area (Å²) in [7, 11) is 0. The molecule has 106 valence electrons. The lowest BCUT2D eigenvalue weighted by atomic mass is 10.3. The van der Waals surface area contributed by atoms with Crippen LogP contribution in [0, 0.1) is 5.82 Å². The molecule has 1 amide bonds. The Morgan fingerprint density at radius 2 is 2.10 bits per heavy atom. The number of benzene rings is 1. The minimum atomic E-state index is -0.409. The van der Waals surface area contributed by atoms with Crippen molar-refractivity contribution in [2.45, 2.75) is 0 Å². The van der Waals surface area contributed by atoms with Gasteiger partial charge in [-0.15, -0.1) is 0 Å². The van der Waals surface area contributed by atoms with Crippen LogP contribution >= 0.6 is 15.9 Å². The summed E-state index contributed by atoms with van der Waals surface area (Å²) in [4.78, 5) is 11.9. The Balaban J connectivity index is 1.80. The van der Waals surface area contributed by atoms with Crippen LogP contribution in [0.5, 0.6) is 0 Å². The minimum Gasteiger partial charge on any atom is -0.444 e. The van der Waals surface area contributed by atoms with Crippen LogP contribution in [-0.4, -0.2) is 15.7 Å². The summed E-state index contributed by atoms with van der Waals surface area (Å²) in [6.07, 6.45) is 2.95. The number of hydrogen-bond acceptors (Lipinski definition) is 3. The fraction of sp³-hybridized carbons (Fsp3) is 0. The van der Waals surface area contributed by atoms with E-state index in [9.17, 15) is 9.18 Å². The number of hydrogen-bond donors (Lipinski definition) is 1. The van der Waals surface area contributed by atoms with E-state index in [2.05, 4.69) is 26.3 Å². The molecule has 2 heterocycles. The number of amides is 1. The molecule has 3 rings (SSSR count). The van der Waals surface area contributed by atoms with Gasteiger partial charge in [-0.05, 0) is 40.2 Å². The summed E-state index contributed by atoms with van der Waals surface area (Å²) in [6.45, 7) is 0. The highest BCUT2D eigenvalue weighted by molar-refractivity contribution is 9.10. The van der Waals surface area contributed by atoms with Crippen LogP contribution in [0.1, 0.15) is 10.6 Å². The van der Waals surface area contributed by atoms with Crippen molar-refractivity contribution in [1.82, 2.24) is 9.78 Å². The van der Waals surface area contributed by atoms with E-state index < -0.39 is 11.7 Å². The zero-order valence-electron chi connectivity index (χ0n) is 10.6. The first-order valence-electron chi connectivity index (χ1n) is 6.00. The first kappa shape index (κ1) is 13.6. The third-order valence-electron chi connectivity index (χ3n) is 2.74. The predicted molar refractivity (Wildman–Crippen MR) is 77.9 cm³/mol. The minimum absolute atomic E-state index is 0.167. The Hall–Kier alpha value is -2.41. The van der Waals surface area contributed by atoms with E-state index in [-0.39, 0.29) is 5.76 Å². The van der Waals surface area contributed by atoms with Gasteiger partial charge < -0.3 is 9.73 Å². The van der Waals surface area contributed by atoms with Crippen molar-refractivity contribution >= 4 is 27.5 Å². The maximum absolute atomic E-state index is 13.6. The molecule has 0 unspecified atom stereocenters. The van der Waals surface area contributed by atoms with Gasteiger partial charge in [0.2, 0.25) is 0 Å². The van der Waals surface area contributed by atoms with Crippen LogP contribution in [0.2, 0.25) is 0 Å². The van der Waals surface area contributed by atoms with Gasteiger partial charge in [0, 0.05) is 0 Å². The lowest BCUT2D eigenvalue weighted by molar-refractivity contribution is 0.0995. The van der Waals surface area contributed by atoms with Gasteiger partial charge in [0.1, 0.15) is 11.5 Å². The summed E-state index contributed by atoms with van der Waals surface area (Å²) in [5.41, 5.74) is 0.745. The van der Waals surface area contributed by atoms with Crippen molar-refractivity contribution in [2.24, 2.45) is 0 Å². The fourth-order valence-corrected chi connectivity index (χ4v) is 2.09. The molecular weight excluding hydrogens is 341 g/mol. The van der Waals surface area contributed by atoms with Gasteiger partial charge >= 0.3 is 0 Å². The fourth-order valence-electron chi connectivity index (χ4n) is 1.79. The Kier molecular flexibility index (Phi) is 3.57. The van der Waals surface area contributed by atoms with Gasteiger partial charge in [0.25, 0.3) is 5.91 Å².